The Balaban J connectivity index is 1.66. The maximum atomic E-state index is 6.29. The summed E-state index contributed by atoms with van der Waals surface area (Å²) in [5, 5.41) is 8.99. The smallest absolute Gasteiger partial charge is 0.258 e. The Morgan fingerprint density at radius 3 is 2.44 bits per heavy atom. The van der Waals surface area contributed by atoms with Gasteiger partial charge in [0.1, 0.15) is 0 Å². The summed E-state index contributed by atoms with van der Waals surface area (Å²) in [4.78, 5) is 6.74. The van der Waals surface area contributed by atoms with Gasteiger partial charge >= 0.3 is 0 Å². The van der Waals surface area contributed by atoms with Crippen molar-refractivity contribution in [2.24, 2.45) is 0 Å². The Hall–Kier alpha value is -3.48. The number of anilines is 1. The number of rotatable bonds is 4. The van der Waals surface area contributed by atoms with Gasteiger partial charge in [-0.15, -0.1) is 0 Å². The molecule has 0 bridgehead atoms. The number of hydrogen-bond acceptors (Lipinski definition) is 4. The number of hydrogen-bond donors (Lipinski definition) is 1. The van der Waals surface area contributed by atoms with E-state index in [1.807, 2.05) is 67.3 Å². The zero-order valence-corrected chi connectivity index (χ0v) is 20.6. The minimum absolute atomic E-state index is 0.241. The lowest BCUT2D eigenvalue weighted by atomic mass is 9.94. The number of aryl methyl sites for hydroxylation is 2. The van der Waals surface area contributed by atoms with E-state index in [0.717, 1.165) is 33.6 Å². The summed E-state index contributed by atoms with van der Waals surface area (Å²) < 4.78 is 5.83. The van der Waals surface area contributed by atoms with Crippen molar-refractivity contribution in [3.8, 4) is 11.4 Å². The average molecular weight is 487 g/mol. The monoisotopic (exact) mass is 486 g/mol. The number of nitrogens with zero attached hydrogens (tertiary/aromatic N) is 3. The highest BCUT2D eigenvalue weighted by Gasteiger charge is 2.34. The van der Waals surface area contributed by atoms with Crippen molar-refractivity contribution in [1.29, 1.82) is 0 Å². The summed E-state index contributed by atoms with van der Waals surface area (Å²) in [5.74, 6) is 0.991. The molecule has 170 valence electrons. The van der Waals surface area contributed by atoms with E-state index in [0.29, 0.717) is 21.9 Å². The maximum absolute atomic E-state index is 6.29. The number of benzene rings is 3. The molecule has 34 heavy (non-hydrogen) atoms. The van der Waals surface area contributed by atoms with Crippen molar-refractivity contribution in [1.82, 2.24) is 15.5 Å². The second-order valence-electron chi connectivity index (χ2n) is 8.40. The van der Waals surface area contributed by atoms with Gasteiger partial charge in [0.25, 0.3) is 5.89 Å². The molecule has 0 fully saturated rings. The number of nitrogens with one attached hydrogen (secondary N) is 1. The Bertz CT molecular complexity index is 1410. The fourth-order valence-corrected chi connectivity index (χ4v) is 4.73. The van der Waals surface area contributed by atoms with Crippen LogP contribution in [0.2, 0.25) is 5.02 Å². The van der Waals surface area contributed by atoms with E-state index in [9.17, 15) is 0 Å². The second kappa shape index (κ2) is 9.05. The molecule has 0 spiro atoms. The van der Waals surface area contributed by atoms with Crippen LogP contribution in [-0.2, 0) is 0 Å². The quantitative estimate of drug-likeness (QED) is 0.317. The van der Waals surface area contributed by atoms with Crippen molar-refractivity contribution in [3.63, 3.8) is 0 Å². The fourth-order valence-electron chi connectivity index (χ4n) is 4.19. The summed E-state index contributed by atoms with van der Waals surface area (Å²) in [7, 11) is 0. The van der Waals surface area contributed by atoms with Crippen LogP contribution in [0.3, 0.4) is 0 Å². The van der Waals surface area contributed by atoms with Gasteiger partial charge in [-0.1, -0.05) is 76.4 Å². The van der Waals surface area contributed by atoms with Crippen LogP contribution in [-0.4, -0.2) is 15.3 Å². The second-order valence-corrected chi connectivity index (χ2v) is 9.22. The molecule has 1 N–H and O–H groups in total. The van der Waals surface area contributed by atoms with E-state index in [1.54, 1.807) is 0 Å². The van der Waals surface area contributed by atoms with Gasteiger partial charge in [-0.2, -0.15) is 4.98 Å². The molecule has 1 aliphatic rings. The largest absolute Gasteiger partial charge is 0.351 e. The number of allylic oxidation sites excluding steroid dienone is 1. The van der Waals surface area contributed by atoms with Crippen molar-refractivity contribution >= 4 is 40.2 Å². The van der Waals surface area contributed by atoms with Gasteiger partial charge in [0.15, 0.2) is 5.11 Å². The van der Waals surface area contributed by atoms with E-state index < -0.39 is 0 Å². The van der Waals surface area contributed by atoms with Gasteiger partial charge in [-0.05, 0) is 62.8 Å². The number of halogens is 1. The molecule has 3 aromatic carbocycles. The molecule has 5 nitrogen and oxygen atoms in total. The highest BCUT2D eigenvalue weighted by atomic mass is 35.5. The third-order valence-electron chi connectivity index (χ3n) is 5.89. The van der Waals surface area contributed by atoms with Gasteiger partial charge in [0.05, 0.1) is 11.6 Å². The first-order chi connectivity index (χ1) is 16.4. The highest BCUT2D eigenvalue weighted by Crippen LogP contribution is 2.39. The minimum atomic E-state index is -0.241. The average Bonchev–Trinajstić information content (AvgIpc) is 3.29. The predicted molar refractivity (Wildman–Crippen MR) is 141 cm³/mol. The maximum Gasteiger partial charge on any atom is 0.258 e. The zero-order chi connectivity index (χ0) is 23.8. The molecule has 1 aliphatic heterocycles. The lowest BCUT2D eigenvalue weighted by Gasteiger charge is -2.37. The van der Waals surface area contributed by atoms with Crippen LogP contribution in [0.4, 0.5) is 5.69 Å². The van der Waals surface area contributed by atoms with Crippen molar-refractivity contribution in [2.45, 2.75) is 26.8 Å². The van der Waals surface area contributed by atoms with Crippen LogP contribution < -0.4 is 10.2 Å². The molecule has 0 radical (unpaired) electrons. The Kier molecular flexibility index (Phi) is 5.94. The summed E-state index contributed by atoms with van der Waals surface area (Å²) in [6.45, 7) is 6.12. The Labute approximate surface area is 209 Å². The fraction of sp³-hybridized carbons (Fsp3) is 0.148. The molecule has 0 aliphatic carbocycles. The summed E-state index contributed by atoms with van der Waals surface area (Å²) in [6, 6.07) is 23.8. The SMILES string of the molecule is CC1=C(c2nc(-c3cccc(C)c3)no2)C(c2ccc(C)cc2)NC(=S)N1c1cccc(Cl)c1. The first-order valence-corrected chi connectivity index (χ1v) is 11.7. The molecule has 5 rings (SSSR count). The van der Waals surface area contributed by atoms with Crippen molar-refractivity contribution < 1.29 is 4.52 Å². The third-order valence-corrected chi connectivity index (χ3v) is 6.43. The van der Waals surface area contributed by atoms with E-state index in [2.05, 4.69) is 41.7 Å². The molecule has 2 heterocycles. The first-order valence-electron chi connectivity index (χ1n) is 11.0. The molecule has 0 saturated heterocycles. The van der Waals surface area contributed by atoms with Gasteiger partial charge in [0.2, 0.25) is 5.82 Å². The normalized spacial score (nSPS) is 16.1. The molecule has 1 unspecified atom stereocenters. The lowest BCUT2D eigenvalue weighted by molar-refractivity contribution is 0.404. The topological polar surface area (TPSA) is 54.2 Å². The summed E-state index contributed by atoms with van der Waals surface area (Å²) >= 11 is 12.1. The van der Waals surface area contributed by atoms with Crippen LogP contribution in [0.25, 0.3) is 17.0 Å². The Morgan fingerprint density at radius 2 is 1.71 bits per heavy atom. The van der Waals surface area contributed by atoms with Gasteiger partial charge in [0, 0.05) is 22.0 Å². The molecule has 1 aromatic heterocycles. The van der Waals surface area contributed by atoms with Crippen LogP contribution in [0.15, 0.2) is 83.0 Å². The van der Waals surface area contributed by atoms with E-state index in [-0.39, 0.29) is 6.04 Å². The summed E-state index contributed by atoms with van der Waals surface area (Å²) in [6.07, 6.45) is 0. The van der Waals surface area contributed by atoms with Gasteiger partial charge in [-0.3, -0.25) is 4.90 Å². The van der Waals surface area contributed by atoms with Gasteiger partial charge in [-0.25, -0.2) is 0 Å². The van der Waals surface area contributed by atoms with E-state index in [4.69, 9.17) is 33.3 Å². The third kappa shape index (κ3) is 4.22. The van der Waals surface area contributed by atoms with E-state index in [1.165, 1.54) is 5.56 Å². The van der Waals surface area contributed by atoms with Crippen LogP contribution in [0, 0.1) is 13.8 Å². The predicted octanol–water partition coefficient (Wildman–Crippen LogP) is 6.87. The molecule has 0 amide bonds. The van der Waals surface area contributed by atoms with Gasteiger partial charge < -0.3 is 9.84 Å². The molecule has 1 atom stereocenters. The number of thiocarbonyl (C=S) groups is 1. The van der Waals surface area contributed by atoms with E-state index >= 15 is 0 Å². The van der Waals surface area contributed by atoms with Crippen LogP contribution in [0.1, 0.15) is 35.5 Å². The minimum Gasteiger partial charge on any atom is -0.351 e. The molecule has 4 aromatic rings. The Morgan fingerprint density at radius 1 is 0.941 bits per heavy atom. The highest BCUT2D eigenvalue weighted by molar-refractivity contribution is 7.80. The zero-order valence-electron chi connectivity index (χ0n) is 19.0. The molecular formula is C27H23ClN4OS. The molecular weight excluding hydrogens is 464 g/mol. The lowest BCUT2D eigenvalue weighted by Crippen LogP contribution is -2.46. The van der Waals surface area contributed by atoms with Crippen LogP contribution >= 0.6 is 23.8 Å². The van der Waals surface area contributed by atoms with Crippen molar-refractivity contribution in [2.75, 3.05) is 4.90 Å². The summed E-state index contributed by atoms with van der Waals surface area (Å²) in [5.41, 5.74) is 6.91. The van der Waals surface area contributed by atoms with Crippen LogP contribution in [0.5, 0.6) is 0 Å². The molecule has 0 saturated carbocycles. The molecule has 7 heteroatoms. The standard InChI is InChI=1S/C27H23ClN4OS/c1-16-10-12-19(13-11-16)24-23(26-30-25(31-33-26)20-7-4-6-17(2)14-20)18(3)32(27(34)29-24)22-9-5-8-21(28)15-22/h4-15,24H,1-3H3,(H,29,34). The number of aromatic nitrogens is 2. The van der Waals surface area contributed by atoms with Crippen molar-refractivity contribution in [3.05, 3.63) is 106 Å². The first kappa shape index (κ1) is 22.3.